The van der Waals surface area contributed by atoms with Gasteiger partial charge in [0.15, 0.2) is 0 Å². The molecule has 0 spiro atoms. The zero-order chi connectivity index (χ0) is 17.4. The zero-order valence-corrected chi connectivity index (χ0v) is 14.8. The number of esters is 1. The summed E-state index contributed by atoms with van der Waals surface area (Å²) in [6, 6.07) is 8.34. The molecular weight excluding hydrogens is 322 g/mol. The second-order valence-corrected chi connectivity index (χ2v) is 6.93. The van der Waals surface area contributed by atoms with Gasteiger partial charge in [-0.3, -0.25) is 0 Å². The van der Waals surface area contributed by atoms with E-state index in [0.717, 1.165) is 20.7 Å². The molecule has 2 heterocycles. The smallest absolute Gasteiger partial charge is 0.341 e. The molecule has 0 saturated carbocycles. The molecule has 0 N–H and O–H groups in total. The first-order valence-electron chi connectivity index (χ1n) is 7.57. The van der Waals surface area contributed by atoms with E-state index in [1.54, 1.807) is 17.8 Å². The molecule has 0 aliphatic rings. The number of carbonyl (C=O) groups is 1. The summed E-state index contributed by atoms with van der Waals surface area (Å²) in [5.74, 6) is -0.0533. The van der Waals surface area contributed by atoms with E-state index in [1.165, 1.54) is 18.4 Å². The lowest BCUT2D eigenvalue weighted by Gasteiger charge is -2.05. The summed E-state index contributed by atoms with van der Waals surface area (Å²) in [7, 11) is 1.35. The fourth-order valence-electron chi connectivity index (χ4n) is 2.58. The molecule has 6 heteroatoms. The summed E-state index contributed by atoms with van der Waals surface area (Å²) < 4.78 is 7.38. The first-order chi connectivity index (χ1) is 11.4. The number of ether oxygens (including phenoxy) is 1. The van der Waals surface area contributed by atoms with E-state index in [1.807, 2.05) is 12.1 Å². The van der Waals surface area contributed by atoms with Gasteiger partial charge in [0.25, 0.3) is 0 Å². The van der Waals surface area contributed by atoms with Crippen LogP contribution in [-0.2, 0) is 4.74 Å². The van der Waals surface area contributed by atoms with Gasteiger partial charge in [-0.2, -0.15) is 10.4 Å². The van der Waals surface area contributed by atoms with Gasteiger partial charge in [-0.25, -0.2) is 9.48 Å². The molecule has 0 saturated heterocycles. The number of benzene rings is 1. The third kappa shape index (κ3) is 2.68. The maximum Gasteiger partial charge on any atom is 0.341 e. The topological polar surface area (TPSA) is 67.9 Å². The monoisotopic (exact) mass is 339 g/mol. The Morgan fingerprint density at radius 3 is 2.75 bits per heavy atom. The number of aromatic nitrogens is 2. The largest absolute Gasteiger partial charge is 0.465 e. The average Bonchev–Trinajstić information content (AvgIpc) is 3.16. The van der Waals surface area contributed by atoms with Crippen molar-refractivity contribution in [1.29, 1.82) is 5.26 Å². The molecule has 0 radical (unpaired) electrons. The van der Waals surface area contributed by atoms with Crippen molar-refractivity contribution in [2.45, 2.75) is 26.7 Å². The number of rotatable bonds is 3. The van der Waals surface area contributed by atoms with Gasteiger partial charge in [0.2, 0.25) is 0 Å². The fourth-order valence-corrected chi connectivity index (χ4v) is 3.61. The van der Waals surface area contributed by atoms with Crippen LogP contribution in [0.1, 0.15) is 46.9 Å². The number of thiophene rings is 1. The maximum atomic E-state index is 11.8. The molecule has 24 heavy (non-hydrogen) atoms. The molecule has 2 aromatic heterocycles. The van der Waals surface area contributed by atoms with Crippen LogP contribution in [0.2, 0.25) is 0 Å². The molecular formula is C18H17N3O2S. The Morgan fingerprint density at radius 2 is 2.12 bits per heavy atom. The van der Waals surface area contributed by atoms with E-state index in [-0.39, 0.29) is 0 Å². The Hall–Kier alpha value is -2.65. The van der Waals surface area contributed by atoms with Crippen LogP contribution in [0, 0.1) is 18.3 Å². The molecule has 3 rings (SSSR count). The minimum Gasteiger partial charge on any atom is -0.465 e. The van der Waals surface area contributed by atoms with E-state index >= 15 is 0 Å². The van der Waals surface area contributed by atoms with Crippen LogP contribution in [0.25, 0.3) is 15.1 Å². The van der Waals surface area contributed by atoms with Crippen LogP contribution in [0.4, 0.5) is 0 Å². The molecule has 5 nitrogen and oxygen atoms in total. The van der Waals surface area contributed by atoms with Gasteiger partial charge in [-0.05, 0) is 42.0 Å². The summed E-state index contributed by atoms with van der Waals surface area (Å²) in [6.45, 7) is 5.98. The highest BCUT2D eigenvalue weighted by molar-refractivity contribution is 7.21. The van der Waals surface area contributed by atoms with Gasteiger partial charge in [0, 0.05) is 6.20 Å². The summed E-state index contributed by atoms with van der Waals surface area (Å²) in [5, 5.41) is 15.7. The second-order valence-electron chi connectivity index (χ2n) is 5.90. The minimum absolute atomic E-state index is 0.350. The van der Waals surface area contributed by atoms with Crippen LogP contribution in [0.5, 0.6) is 0 Å². The number of hydrogen-bond donors (Lipinski definition) is 0. The van der Waals surface area contributed by atoms with Crippen molar-refractivity contribution in [3.05, 3.63) is 46.8 Å². The zero-order valence-electron chi connectivity index (χ0n) is 14.0. The molecule has 0 aliphatic heterocycles. The predicted octanol–water partition coefficient (Wildman–Crippen LogP) is 4.18. The summed E-state index contributed by atoms with van der Waals surface area (Å²) in [4.78, 5) is 11.8. The van der Waals surface area contributed by atoms with Crippen molar-refractivity contribution in [2.75, 3.05) is 7.11 Å². The van der Waals surface area contributed by atoms with Gasteiger partial charge in [0.05, 0.1) is 23.1 Å². The van der Waals surface area contributed by atoms with Crippen LogP contribution >= 0.6 is 11.3 Å². The molecule has 0 amide bonds. The third-order valence-electron chi connectivity index (χ3n) is 3.94. The second kappa shape index (κ2) is 6.10. The summed E-state index contributed by atoms with van der Waals surface area (Å²) >= 11 is 1.49. The number of aryl methyl sites for hydroxylation is 1. The number of fused-ring (bicyclic) bond motifs is 1. The van der Waals surface area contributed by atoms with Crippen LogP contribution in [0.3, 0.4) is 0 Å². The summed E-state index contributed by atoms with van der Waals surface area (Å²) in [5.41, 5.74) is 2.86. The van der Waals surface area contributed by atoms with E-state index in [0.29, 0.717) is 22.7 Å². The lowest BCUT2D eigenvalue weighted by molar-refractivity contribution is 0.0600. The first kappa shape index (κ1) is 16.2. The van der Waals surface area contributed by atoms with Crippen molar-refractivity contribution >= 4 is 27.4 Å². The van der Waals surface area contributed by atoms with Gasteiger partial charge in [-0.1, -0.05) is 13.8 Å². The SMILES string of the molecule is COC(=O)c1cn(-c2cc3cc(C(C)C)cc(C#N)c3s2)nc1C. The molecule has 122 valence electrons. The number of methoxy groups -OCH3 is 1. The van der Waals surface area contributed by atoms with Gasteiger partial charge >= 0.3 is 5.97 Å². The number of nitrogens with zero attached hydrogens (tertiary/aromatic N) is 3. The van der Waals surface area contributed by atoms with Gasteiger partial charge in [-0.15, -0.1) is 11.3 Å². The Labute approximate surface area is 144 Å². The minimum atomic E-state index is -0.403. The van der Waals surface area contributed by atoms with E-state index < -0.39 is 5.97 Å². The van der Waals surface area contributed by atoms with Crippen molar-refractivity contribution < 1.29 is 9.53 Å². The van der Waals surface area contributed by atoms with Gasteiger partial charge < -0.3 is 4.74 Å². The predicted molar refractivity (Wildman–Crippen MR) is 93.8 cm³/mol. The molecule has 0 aliphatic carbocycles. The molecule has 0 fully saturated rings. The third-order valence-corrected chi connectivity index (χ3v) is 5.12. The van der Waals surface area contributed by atoms with Crippen molar-refractivity contribution in [3.8, 4) is 11.1 Å². The number of carbonyl (C=O) groups excluding carboxylic acids is 1. The van der Waals surface area contributed by atoms with Crippen molar-refractivity contribution in [2.24, 2.45) is 0 Å². The quantitative estimate of drug-likeness (QED) is 0.671. The summed E-state index contributed by atoms with van der Waals surface area (Å²) in [6.07, 6.45) is 1.67. The highest BCUT2D eigenvalue weighted by atomic mass is 32.1. The molecule has 0 atom stereocenters. The Balaban J connectivity index is 2.15. The molecule has 0 unspecified atom stereocenters. The van der Waals surface area contributed by atoms with Crippen LogP contribution in [-0.4, -0.2) is 22.9 Å². The Bertz CT molecular complexity index is 976. The first-order valence-corrected chi connectivity index (χ1v) is 8.38. The van der Waals surface area contributed by atoms with E-state index in [9.17, 15) is 10.1 Å². The highest BCUT2D eigenvalue weighted by Gasteiger charge is 2.17. The van der Waals surface area contributed by atoms with Crippen LogP contribution < -0.4 is 0 Å². The fraction of sp³-hybridized carbons (Fsp3) is 0.278. The lowest BCUT2D eigenvalue weighted by Crippen LogP contribution is -2.01. The molecule has 0 bridgehead atoms. The molecule has 1 aromatic carbocycles. The lowest BCUT2D eigenvalue weighted by atomic mass is 9.99. The van der Waals surface area contributed by atoms with Crippen molar-refractivity contribution in [3.63, 3.8) is 0 Å². The number of hydrogen-bond acceptors (Lipinski definition) is 5. The Kier molecular flexibility index (Phi) is 4.12. The maximum absolute atomic E-state index is 11.8. The van der Waals surface area contributed by atoms with Gasteiger partial charge in [0.1, 0.15) is 16.6 Å². The van der Waals surface area contributed by atoms with E-state index in [2.05, 4.69) is 31.1 Å². The normalized spacial score (nSPS) is 11.0. The van der Waals surface area contributed by atoms with Crippen molar-refractivity contribution in [1.82, 2.24) is 9.78 Å². The average molecular weight is 339 g/mol. The highest BCUT2D eigenvalue weighted by Crippen LogP contribution is 2.34. The number of nitriles is 1. The van der Waals surface area contributed by atoms with E-state index in [4.69, 9.17) is 4.74 Å². The standard InChI is InChI=1S/C18H17N3O2S/c1-10(2)12-5-13-7-16(24-17(13)14(6-12)8-19)21-9-15(11(3)20-21)18(22)23-4/h5-7,9-10H,1-4H3. The Morgan fingerprint density at radius 1 is 1.38 bits per heavy atom. The van der Waals surface area contributed by atoms with Crippen LogP contribution in [0.15, 0.2) is 24.4 Å². The molecule has 3 aromatic rings.